The van der Waals surface area contributed by atoms with Crippen LogP contribution < -0.4 is 10.1 Å². The molecule has 3 aromatic rings. The van der Waals surface area contributed by atoms with Crippen molar-refractivity contribution in [2.45, 2.75) is 6.92 Å². The Bertz CT molecular complexity index is 987. The topological polar surface area (TPSA) is 57.9 Å². The van der Waals surface area contributed by atoms with E-state index in [2.05, 4.69) is 32.3 Å². The van der Waals surface area contributed by atoms with Gasteiger partial charge in [0, 0.05) is 27.3 Å². The molecule has 0 aliphatic heterocycles. The molecule has 0 bridgehead atoms. The summed E-state index contributed by atoms with van der Waals surface area (Å²) in [5.74, 6) is 0.802. The van der Waals surface area contributed by atoms with Gasteiger partial charge in [-0.1, -0.05) is 15.9 Å². The number of hydrogen-bond acceptors (Lipinski definition) is 5. The van der Waals surface area contributed by atoms with Gasteiger partial charge in [-0.3, -0.25) is 0 Å². The number of allylic oxidation sites excluding steroid dienone is 1. The van der Waals surface area contributed by atoms with Crippen LogP contribution in [0.15, 0.2) is 58.5 Å². The first kappa shape index (κ1) is 18.2. The van der Waals surface area contributed by atoms with E-state index in [0.717, 1.165) is 32.7 Å². The van der Waals surface area contributed by atoms with Gasteiger partial charge in [0.05, 0.1) is 12.8 Å². The third-order valence-electron chi connectivity index (χ3n) is 3.80. The zero-order valence-electron chi connectivity index (χ0n) is 14.3. The summed E-state index contributed by atoms with van der Waals surface area (Å²) in [6.45, 7) is 2.01. The molecule has 0 unspecified atom stereocenters. The number of aryl methyl sites for hydroxylation is 1. The Balaban J connectivity index is 1.82. The van der Waals surface area contributed by atoms with Gasteiger partial charge in [0.2, 0.25) is 0 Å². The molecule has 0 saturated carbocycles. The molecule has 4 nitrogen and oxygen atoms in total. The van der Waals surface area contributed by atoms with Gasteiger partial charge >= 0.3 is 0 Å². The molecule has 26 heavy (non-hydrogen) atoms. The zero-order chi connectivity index (χ0) is 18.5. The molecule has 0 saturated heterocycles. The Kier molecular flexibility index (Phi) is 5.71. The van der Waals surface area contributed by atoms with E-state index in [0.29, 0.717) is 10.6 Å². The average molecular weight is 426 g/mol. The van der Waals surface area contributed by atoms with Crippen molar-refractivity contribution in [3.8, 4) is 23.1 Å². The second-order valence-corrected chi connectivity index (χ2v) is 7.31. The lowest BCUT2D eigenvalue weighted by Gasteiger charge is -2.06. The Morgan fingerprint density at radius 3 is 2.69 bits per heavy atom. The van der Waals surface area contributed by atoms with Gasteiger partial charge in [-0.05, 0) is 55.0 Å². The largest absolute Gasteiger partial charge is 0.497 e. The number of methoxy groups -OCH3 is 1. The first-order valence-electron chi connectivity index (χ1n) is 7.84. The quantitative estimate of drug-likeness (QED) is 0.519. The predicted molar refractivity (Wildman–Crippen MR) is 110 cm³/mol. The Morgan fingerprint density at radius 2 is 2.04 bits per heavy atom. The number of hydrogen-bond donors (Lipinski definition) is 1. The zero-order valence-corrected chi connectivity index (χ0v) is 16.7. The van der Waals surface area contributed by atoms with Crippen molar-refractivity contribution in [3.05, 3.63) is 69.1 Å². The number of nitrogens with zero attached hydrogens (tertiary/aromatic N) is 2. The van der Waals surface area contributed by atoms with E-state index in [1.807, 2.05) is 54.8 Å². The van der Waals surface area contributed by atoms with Crippen LogP contribution in [-0.2, 0) is 0 Å². The van der Waals surface area contributed by atoms with Gasteiger partial charge in [0.1, 0.15) is 22.4 Å². The molecule has 3 rings (SSSR count). The lowest BCUT2D eigenvalue weighted by molar-refractivity contribution is 0.415. The Hall–Kier alpha value is -2.62. The number of thiazole rings is 1. The van der Waals surface area contributed by atoms with Crippen molar-refractivity contribution in [1.29, 1.82) is 5.26 Å². The Morgan fingerprint density at radius 1 is 1.27 bits per heavy atom. The Labute approximate surface area is 164 Å². The number of rotatable bonds is 5. The summed E-state index contributed by atoms with van der Waals surface area (Å²) >= 11 is 4.90. The van der Waals surface area contributed by atoms with Crippen molar-refractivity contribution >= 4 is 38.5 Å². The van der Waals surface area contributed by atoms with Crippen molar-refractivity contribution < 1.29 is 4.74 Å². The lowest BCUT2D eigenvalue weighted by atomic mass is 10.2. The fraction of sp³-hybridized carbons (Fsp3) is 0.100. The third kappa shape index (κ3) is 4.13. The van der Waals surface area contributed by atoms with Crippen LogP contribution in [0.5, 0.6) is 5.75 Å². The molecule has 0 atom stereocenters. The summed E-state index contributed by atoms with van der Waals surface area (Å²) in [7, 11) is 1.64. The fourth-order valence-electron chi connectivity index (χ4n) is 2.37. The number of aromatic nitrogens is 1. The van der Waals surface area contributed by atoms with Gasteiger partial charge in [-0.15, -0.1) is 11.3 Å². The fourth-order valence-corrected chi connectivity index (χ4v) is 3.64. The molecule has 1 aromatic heterocycles. The summed E-state index contributed by atoms with van der Waals surface area (Å²) < 4.78 is 6.20. The van der Waals surface area contributed by atoms with Gasteiger partial charge < -0.3 is 10.1 Å². The SMILES string of the molecule is COc1ccc(-c2csc(/C(C#N)=C/Nc3ccc(Br)cc3C)n2)cc1. The molecular weight excluding hydrogens is 410 g/mol. The van der Waals surface area contributed by atoms with Crippen LogP contribution in [0.4, 0.5) is 5.69 Å². The maximum absolute atomic E-state index is 9.50. The lowest BCUT2D eigenvalue weighted by Crippen LogP contribution is -1.93. The van der Waals surface area contributed by atoms with Crippen LogP contribution in [0.3, 0.4) is 0 Å². The first-order valence-corrected chi connectivity index (χ1v) is 9.51. The highest BCUT2D eigenvalue weighted by Gasteiger charge is 2.09. The molecule has 6 heteroatoms. The van der Waals surface area contributed by atoms with E-state index in [-0.39, 0.29) is 0 Å². The maximum Gasteiger partial charge on any atom is 0.136 e. The van der Waals surface area contributed by atoms with Gasteiger partial charge in [0.25, 0.3) is 0 Å². The van der Waals surface area contributed by atoms with Crippen LogP contribution in [0.2, 0.25) is 0 Å². The van der Waals surface area contributed by atoms with Gasteiger partial charge in [-0.25, -0.2) is 4.98 Å². The van der Waals surface area contributed by atoms with Crippen LogP contribution in [0.25, 0.3) is 16.8 Å². The summed E-state index contributed by atoms with van der Waals surface area (Å²) in [5, 5.41) is 15.3. The molecule has 130 valence electrons. The molecule has 1 N–H and O–H groups in total. The molecule has 0 radical (unpaired) electrons. The number of ether oxygens (including phenoxy) is 1. The number of nitriles is 1. The van der Waals surface area contributed by atoms with Crippen molar-refractivity contribution in [2.75, 3.05) is 12.4 Å². The minimum absolute atomic E-state index is 0.497. The highest BCUT2D eigenvalue weighted by molar-refractivity contribution is 9.10. The molecule has 0 aliphatic carbocycles. The summed E-state index contributed by atoms with van der Waals surface area (Å²) in [4.78, 5) is 4.60. The van der Waals surface area contributed by atoms with Crippen LogP contribution in [0.1, 0.15) is 10.6 Å². The molecule has 0 amide bonds. The monoisotopic (exact) mass is 425 g/mol. The summed E-state index contributed by atoms with van der Waals surface area (Å²) in [5.41, 5.74) is 4.37. The predicted octanol–water partition coefficient (Wildman–Crippen LogP) is 5.87. The highest BCUT2D eigenvalue weighted by atomic mass is 79.9. The van der Waals surface area contributed by atoms with E-state index in [1.54, 1.807) is 13.3 Å². The number of halogens is 1. The molecule has 2 aromatic carbocycles. The van der Waals surface area contributed by atoms with Crippen molar-refractivity contribution in [2.24, 2.45) is 0 Å². The van der Waals surface area contributed by atoms with Crippen LogP contribution >= 0.6 is 27.3 Å². The molecule has 1 heterocycles. The minimum Gasteiger partial charge on any atom is -0.497 e. The van der Waals surface area contributed by atoms with Crippen LogP contribution in [0, 0.1) is 18.3 Å². The molecule has 0 fully saturated rings. The van der Waals surface area contributed by atoms with Crippen molar-refractivity contribution in [1.82, 2.24) is 4.98 Å². The summed E-state index contributed by atoms with van der Waals surface area (Å²) in [6, 6.07) is 15.9. The van der Waals surface area contributed by atoms with E-state index < -0.39 is 0 Å². The van der Waals surface area contributed by atoms with Crippen LogP contribution in [-0.4, -0.2) is 12.1 Å². The van der Waals surface area contributed by atoms with E-state index >= 15 is 0 Å². The third-order valence-corrected chi connectivity index (χ3v) is 5.17. The van der Waals surface area contributed by atoms with E-state index in [1.165, 1.54) is 11.3 Å². The number of anilines is 1. The smallest absolute Gasteiger partial charge is 0.136 e. The number of nitrogens with one attached hydrogen (secondary N) is 1. The standard InChI is InChI=1S/C20H16BrN3OS/c1-13-9-16(21)5-8-18(13)23-11-15(10-22)20-24-19(12-26-20)14-3-6-17(25-2)7-4-14/h3-9,11-12,23H,1-2H3/b15-11+. The summed E-state index contributed by atoms with van der Waals surface area (Å²) in [6.07, 6.45) is 1.70. The normalized spacial score (nSPS) is 11.1. The molecular formula is C20H16BrN3OS. The van der Waals surface area contributed by atoms with Gasteiger partial charge in [-0.2, -0.15) is 5.26 Å². The average Bonchev–Trinajstić information content (AvgIpc) is 3.14. The van der Waals surface area contributed by atoms with E-state index in [9.17, 15) is 5.26 Å². The van der Waals surface area contributed by atoms with E-state index in [4.69, 9.17) is 4.74 Å². The van der Waals surface area contributed by atoms with Crippen molar-refractivity contribution in [3.63, 3.8) is 0 Å². The highest BCUT2D eigenvalue weighted by Crippen LogP contribution is 2.28. The van der Waals surface area contributed by atoms with Gasteiger partial charge in [0.15, 0.2) is 0 Å². The number of benzene rings is 2. The molecule has 0 spiro atoms. The second kappa shape index (κ2) is 8.17. The second-order valence-electron chi connectivity index (χ2n) is 5.54. The molecule has 0 aliphatic rings. The maximum atomic E-state index is 9.50. The minimum atomic E-state index is 0.497. The first-order chi connectivity index (χ1) is 12.6.